The number of benzene rings is 2. The third-order valence-electron chi connectivity index (χ3n) is 4.99. The maximum atomic E-state index is 13.2. The van der Waals surface area contributed by atoms with Crippen LogP contribution in [0.2, 0.25) is 0 Å². The minimum Gasteiger partial charge on any atom is -0.287 e. The third kappa shape index (κ3) is 3.15. The van der Waals surface area contributed by atoms with Gasteiger partial charge in [0.2, 0.25) is 0 Å². The average molecular weight is 355 g/mol. The first-order valence-electron chi connectivity index (χ1n) is 8.29. The number of nitrogens with zero attached hydrogens (tertiary/aromatic N) is 1. The lowest BCUT2D eigenvalue weighted by molar-refractivity contribution is 0.0921. The summed E-state index contributed by atoms with van der Waals surface area (Å²) in [5, 5.41) is 0. The van der Waals surface area contributed by atoms with Crippen molar-refractivity contribution < 1.29 is 9.18 Å². The van der Waals surface area contributed by atoms with Crippen molar-refractivity contribution in [2.75, 3.05) is 6.54 Å². The highest BCUT2D eigenvalue weighted by molar-refractivity contribution is 7.16. The number of nitrogens with one attached hydrogen (secondary N) is 2. The topological polar surface area (TPSA) is 54.0 Å². The predicted octanol–water partition coefficient (Wildman–Crippen LogP) is 3.79. The molecule has 2 N–H and O–H groups in total. The highest BCUT2D eigenvalue weighted by Gasteiger charge is 2.38. The minimum atomic E-state index is -0.224. The normalized spacial score (nSPS) is 15.7. The number of amides is 1. The molecular formula is C19H18FN3OS. The molecule has 1 saturated carbocycles. The molecular weight excluding hydrogens is 337 g/mol. The van der Waals surface area contributed by atoms with Gasteiger partial charge in [0.05, 0.1) is 15.7 Å². The summed E-state index contributed by atoms with van der Waals surface area (Å²) in [5.74, 6) is -0.387. The molecule has 2 aromatic carbocycles. The summed E-state index contributed by atoms with van der Waals surface area (Å²) >= 11 is 1.52. The molecule has 0 unspecified atom stereocenters. The van der Waals surface area contributed by atoms with Crippen LogP contribution in [-0.2, 0) is 5.41 Å². The van der Waals surface area contributed by atoms with Gasteiger partial charge in [0.25, 0.3) is 5.91 Å². The molecule has 0 spiro atoms. The highest BCUT2D eigenvalue weighted by Crippen LogP contribution is 2.43. The van der Waals surface area contributed by atoms with Crippen molar-refractivity contribution in [1.29, 1.82) is 0 Å². The van der Waals surface area contributed by atoms with Crippen LogP contribution in [0.15, 0.2) is 48.0 Å². The Morgan fingerprint density at radius 1 is 1.20 bits per heavy atom. The van der Waals surface area contributed by atoms with Crippen molar-refractivity contribution in [3.63, 3.8) is 0 Å². The van der Waals surface area contributed by atoms with E-state index in [2.05, 4.69) is 15.8 Å². The van der Waals surface area contributed by atoms with Gasteiger partial charge in [0, 0.05) is 17.5 Å². The molecule has 1 heterocycles. The Balaban J connectivity index is 1.40. The monoisotopic (exact) mass is 355 g/mol. The Bertz CT molecular complexity index is 902. The van der Waals surface area contributed by atoms with E-state index in [1.165, 1.54) is 23.5 Å². The number of fused-ring (bicyclic) bond motifs is 1. The summed E-state index contributed by atoms with van der Waals surface area (Å²) in [6, 6.07) is 12.2. The van der Waals surface area contributed by atoms with Crippen molar-refractivity contribution in [2.24, 2.45) is 0 Å². The Hall–Kier alpha value is -2.31. The summed E-state index contributed by atoms with van der Waals surface area (Å²) in [6.45, 7) is 0.632. The molecule has 1 aliphatic carbocycles. The van der Waals surface area contributed by atoms with Crippen molar-refractivity contribution in [2.45, 2.75) is 24.7 Å². The lowest BCUT2D eigenvalue weighted by atomic mass is 9.64. The van der Waals surface area contributed by atoms with Gasteiger partial charge in [-0.25, -0.2) is 14.8 Å². The molecule has 128 valence electrons. The molecule has 0 aliphatic heterocycles. The average Bonchev–Trinajstić information content (AvgIpc) is 3.05. The predicted molar refractivity (Wildman–Crippen MR) is 97.0 cm³/mol. The maximum absolute atomic E-state index is 13.2. The fourth-order valence-electron chi connectivity index (χ4n) is 3.34. The lowest BCUT2D eigenvalue weighted by Gasteiger charge is -2.42. The largest absolute Gasteiger partial charge is 0.287 e. The molecule has 4 rings (SSSR count). The molecule has 1 fully saturated rings. The summed E-state index contributed by atoms with van der Waals surface area (Å²) in [4.78, 5) is 16.6. The maximum Gasteiger partial charge on any atom is 0.265 e. The van der Waals surface area contributed by atoms with Gasteiger partial charge in [-0.2, -0.15) is 0 Å². The zero-order valence-corrected chi connectivity index (χ0v) is 14.4. The molecule has 0 saturated heterocycles. The fourth-order valence-corrected chi connectivity index (χ4v) is 4.05. The number of hydrogen-bond donors (Lipinski definition) is 2. The van der Waals surface area contributed by atoms with E-state index >= 15 is 0 Å². The quantitative estimate of drug-likeness (QED) is 0.685. The van der Waals surface area contributed by atoms with Gasteiger partial charge in [-0.1, -0.05) is 18.6 Å². The van der Waals surface area contributed by atoms with Gasteiger partial charge in [0.1, 0.15) is 5.82 Å². The summed E-state index contributed by atoms with van der Waals surface area (Å²) < 4.78 is 14.1. The van der Waals surface area contributed by atoms with Gasteiger partial charge in [-0.3, -0.25) is 10.2 Å². The number of carbonyl (C=O) groups is 1. The smallest absolute Gasteiger partial charge is 0.265 e. The van der Waals surface area contributed by atoms with Crippen molar-refractivity contribution in [3.8, 4) is 0 Å². The van der Waals surface area contributed by atoms with Crippen LogP contribution in [0.25, 0.3) is 10.2 Å². The number of rotatable bonds is 5. The Morgan fingerprint density at radius 3 is 2.72 bits per heavy atom. The molecule has 6 heteroatoms. The standard InChI is InChI=1S/C19H18FN3OS/c20-15-5-3-14(4-6-15)19(8-1-9-19)11-22-23-18(24)13-2-7-16-17(10-13)25-12-21-16/h2-7,10,12,22H,1,8-9,11H2,(H,23,24). The number of thiazole rings is 1. The molecule has 0 atom stereocenters. The van der Waals surface area contributed by atoms with Crippen molar-refractivity contribution in [1.82, 2.24) is 15.8 Å². The molecule has 1 aliphatic rings. The van der Waals surface area contributed by atoms with Gasteiger partial charge < -0.3 is 0 Å². The van der Waals surface area contributed by atoms with E-state index in [1.54, 1.807) is 11.6 Å². The second-order valence-corrected chi connectivity index (χ2v) is 7.37. The van der Waals surface area contributed by atoms with Crippen LogP contribution in [-0.4, -0.2) is 17.4 Å². The van der Waals surface area contributed by atoms with Crippen LogP contribution in [0.1, 0.15) is 35.2 Å². The molecule has 25 heavy (non-hydrogen) atoms. The second-order valence-electron chi connectivity index (χ2n) is 6.48. The minimum absolute atomic E-state index is 0.0252. The second kappa shape index (κ2) is 6.54. The SMILES string of the molecule is O=C(NNCC1(c2ccc(F)cc2)CCC1)c1ccc2ncsc2c1. The van der Waals surface area contributed by atoms with Crippen molar-refractivity contribution in [3.05, 3.63) is 64.9 Å². The van der Waals surface area contributed by atoms with E-state index in [1.807, 2.05) is 24.3 Å². The first-order chi connectivity index (χ1) is 12.2. The highest BCUT2D eigenvalue weighted by atomic mass is 32.1. The number of halogens is 1. The number of carbonyl (C=O) groups excluding carboxylic acids is 1. The first kappa shape index (κ1) is 16.2. The Kier molecular flexibility index (Phi) is 4.23. The lowest BCUT2D eigenvalue weighted by Crippen LogP contribution is -2.49. The zero-order valence-electron chi connectivity index (χ0n) is 13.6. The van der Waals surface area contributed by atoms with E-state index in [-0.39, 0.29) is 17.1 Å². The molecule has 4 nitrogen and oxygen atoms in total. The molecule has 1 amide bonds. The summed E-state index contributed by atoms with van der Waals surface area (Å²) in [7, 11) is 0. The van der Waals surface area contributed by atoms with Crippen molar-refractivity contribution >= 4 is 27.5 Å². The van der Waals surface area contributed by atoms with Crippen LogP contribution >= 0.6 is 11.3 Å². The van der Waals surface area contributed by atoms with Crippen LogP contribution in [0.3, 0.4) is 0 Å². The molecule has 0 radical (unpaired) electrons. The summed E-state index contributed by atoms with van der Waals surface area (Å²) in [6.07, 6.45) is 3.22. The molecule has 1 aromatic heterocycles. The van der Waals surface area contributed by atoms with Crippen LogP contribution in [0, 0.1) is 5.82 Å². The van der Waals surface area contributed by atoms with E-state index in [9.17, 15) is 9.18 Å². The molecule has 0 bridgehead atoms. The van der Waals surface area contributed by atoms with E-state index < -0.39 is 0 Å². The summed E-state index contributed by atoms with van der Waals surface area (Å²) in [5.41, 5.74) is 10.2. The zero-order chi connectivity index (χ0) is 17.3. The molecule has 3 aromatic rings. The van der Waals surface area contributed by atoms with Gasteiger partial charge in [-0.05, 0) is 48.7 Å². The van der Waals surface area contributed by atoms with Crippen LogP contribution in [0.5, 0.6) is 0 Å². The Morgan fingerprint density at radius 2 is 2.00 bits per heavy atom. The van der Waals surface area contributed by atoms with E-state index in [0.717, 1.165) is 35.0 Å². The number of hydrogen-bond acceptors (Lipinski definition) is 4. The van der Waals surface area contributed by atoms with Crippen LogP contribution < -0.4 is 10.9 Å². The van der Waals surface area contributed by atoms with Gasteiger partial charge >= 0.3 is 0 Å². The number of hydrazine groups is 1. The van der Waals surface area contributed by atoms with Gasteiger partial charge in [0.15, 0.2) is 0 Å². The fraction of sp³-hybridized carbons (Fsp3) is 0.263. The van der Waals surface area contributed by atoms with Crippen LogP contribution in [0.4, 0.5) is 4.39 Å². The van der Waals surface area contributed by atoms with E-state index in [4.69, 9.17) is 0 Å². The number of aromatic nitrogens is 1. The van der Waals surface area contributed by atoms with E-state index in [0.29, 0.717) is 12.1 Å². The first-order valence-corrected chi connectivity index (χ1v) is 9.17. The Labute approximate surface area is 149 Å². The third-order valence-corrected chi connectivity index (χ3v) is 5.78. The van der Waals surface area contributed by atoms with Gasteiger partial charge in [-0.15, -0.1) is 11.3 Å².